The van der Waals surface area contributed by atoms with Crippen molar-refractivity contribution in [2.45, 2.75) is 26.3 Å². The van der Waals surface area contributed by atoms with Crippen LogP contribution >= 0.6 is 15.9 Å². The van der Waals surface area contributed by atoms with Crippen molar-refractivity contribution >= 4 is 27.7 Å². The van der Waals surface area contributed by atoms with E-state index in [0.717, 1.165) is 10.9 Å². The molecule has 1 atom stereocenters. The van der Waals surface area contributed by atoms with Gasteiger partial charge in [-0.15, -0.1) is 0 Å². The van der Waals surface area contributed by atoms with Gasteiger partial charge in [0.2, 0.25) is 0 Å². The highest BCUT2D eigenvalue weighted by Gasteiger charge is 2.15. The Hall–Kier alpha value is -1.14. The number of hydrogen-bond donors (Lipinski definition) is 2. The molecule has 0 spiro atoms. The van der Waals surface area contributed by atoms with Gasteiger partial charge in [-0.25, -0.2) is 4.98 Å². The Labute approximate surface area is 122 Å². The molecule has 0 fully saturated rings. The van der Waals surface area contributed by atoms with Crippen LogP contribution in [-0.4, -0.2) is 37.2 Å². The summed E-state index contributed by atoms with van der Waals surface area (Å²) in [5.41, 5.74) is 0.542. The molecule has 1 unspecified atom stereocenters. The second-order valence-electron chi connectivity index (χ2n) is 4.24. The molecule has 1 aromatic rings. The van der Waals surface area contributed by atoms with Gasteiger partial charge in [0, 0.05) is 37.0 Å². The zero-order valence-electron chi connectivity index (χ0n) is 11.5. The van der Waals surface area contributed by atoms with Crippen LogP contribution in [0.2, 0.25) is 0 Å². The number of anilines is 1. The van der Waals surface area contributed by atoms with E-state index in [1.54, 1.807) is 19.4 Å². The highest BCUT2D eigenvalue weighted by atomic mass is 79.9. The van der Waals surface area contributed by atoms with E-state index in [1.165, 1.54) is 0 Å². The van der Waals surface area contributed by atoms with Gasteiger partial charge in [0.15, 0.2) is 0 Å². The van der Waals surface area contributed by atoms with E-state index in [1.807, 2.05) is 13.8 Å². The fourth-order valence-corrected chi connectivity index (χ4v) is 1.92. The van der Waals surface area contributed by atoms with Gasteiger partial charge in [-0.2, -0.15) is 0 Å². The van der Waals surface area contributed by atoms with Crippen LogP contribution in [0.1, 0.15) is 30.6 Å². The van der Waals surface area contributed by atoms with Gasteiger partial charge in [0.1, 0.15) is 5.82 Å². The van der Waals surface area contributed by atoms with Crippen molar-refractivity contribution in [3.63, 3.8) is 0 Å². The lowest BCUT2D eigenvalue weighted by atomic mass is 10.2. The van der Waals surface area contributed by atoms with Crippen LogP contribution < -0.4 is 10.6 Å². The Morgan fingerprint density at radius 1 is 1.58 bits per heavy atom. The summed E-state index contributed by atoms with van der Waals surface area (Å²) in [5.74, 6) is 0.468. The zero-order chi connectivity index (χ0) is 14.3. The summed E-state index contributed by atoms with van der Waals surface area (Å²) in [6.07, 6.45) is 2.45. The molecule has 2 N–H and O–H groups in total. The number of hydrogen-bond acceptors (Lipinski definition) is 4. The molecule has 0 aliphatic rings. The standard InChI is InChI=1S/C13H20BrN3O2/c1-4-15-12-11(7-10(14)8-16-12)13(18)17-9(2)5-6-19-3/h7-9H,4-6H2,1-3H3,(H,15,16)(H,17,18). The normalized spacial score (nSPS) is 12.0. The van der Waals surface area contributed by atoms with E-state index in [4.69, 9.17) is 4.74 Å². The molecule has 6 heteroatoms. The third-order valence-electron chi connectivity index (χ3n) is 2.58. The number of halogens is 1. The van der Waals surface area contributed by atoms with Crippen LogP contribution in [0.25, 0.3) is 0 Å². The molecule has 5 nitrogen and oxygen atoms in total. The first-order valence-electron chi connectivity index (χ1n) is 6.27. The molecular formula is C13H20BrN3O2. The van der Waals surface area contributed by atoms with E-state index in [0.29, 0.717) is 24.5 Å². The molecule has 0 aliphatic carbocycles. The van der Waals surface area contributed by atoms with E-state index < -0.39 is 0 Å². The molecule has 0 saturated heterocycles. The van der Waals surface area contributed by atoms with Crippen molar-refractivity contribution in [1.29, 1.82) is 0 Å². The minimum Gasteiger partial charge on any atom is -0.385 e. The van der Waals surface area contributed by atoms with Crippen molar-refractivity contribution in [1.82, 2.24) is 10.3 Å². The summed E-state index contributed by atoms with van der Waals surface area (Å²) in [6.45, 7) is 5.26. The number of ether oxygens (including phenoxy) is 1. The van der Waals surface area contributed by atoms with Gasteiger partial charge in [-0.1, -0.05) is 0 Å². The lowest BCUT2D eigenvalue weighted by molar-refractivity contribution is 0.0930. The van der Waals surface area contributed by atoms with E-state index in [2.05, 4.69) is 31.5 Å². The fraction of sp³-hybridized carbons (Fsp3) is 0.538. The van der Waals surface area contributed by atoms with Gasteiger partial charge < -0.3 is 15.4 Å². The number of nitrogens with one attached hydrogen (secondary N) is 2. The Balaban J connectivity index is 2.77. The third-order valence-corrected chi connectivity index (χ3v) is 3.01. The van der Waals surface area contributed by atoms with E-state index in [9.17, 15) is 4.79 Å². The lowest BCUT2D eigenvalue weighted by Crippen LogP contribution is -2.34. The second-order valence-corrected chi connectivity index (χ2v) is 5.15. The van der Waals surface area contributed by atoms with Gasteiger partial charge in [0.25, 0.3) is 5.91 Å². The number of methoxy groups -OCH3 is 1. The molecule has 1 heterocycles. The molecule has 0 aliphatic heterocycles. The van der Waals surface area contributed by atoms with Crippen LogP contribution in [0.15, 0.2) is 16.7 Å². The van der Waals surface area contributed by atoms with E-state index >= 15 is 0 Å². The second kappa shape index (κ2) is 8.12. The maximum Gasteiger partial charge on any atom is 0.255 e. The first-order chi connectivity index (χ1) is 9.08. The third kappa shape index (κ3) is 5.16. The van der Waals surface area contributed by atoms with Crippen molar-refractivity contribution in [2.75, 3.05) is 25.6 Å². The average Bonchev–Trinajstić information content (AvgIpc) is 2.38. The fourth-order valence-electron chi connectivity index (χ4n) is 1.59. The van der Waals surface area contributed by atoms with Gasteiger partial charge in [-0.3, -0.25) is 4.79 Å². The summed E-state index contributed by atoms with van der Waals surface area (Å²) >= 11 is 3.33. The number of amides is 1. The minimum absolute atomic E-state index is 0.0564. The van der Waals surface area contributed by atoms with Gasteiger partial charge >= 0.3 is 0 Å². The summed E-state index contributed by atoms with van der Waals surface area (Å²) in [7, 11) is 1.65. The number of pyridine rings is 1. The Morgan fingerprint density at radius 3 is 2.95 bits per heavy atom. The Morgan fingerprint density at radius 2 is 2.32 bits per heavy atom. The summed E-state index contributed by atoms with van der Waals surface area (Å²) in [4.78, 5) is 16.4. The average molecular weight is 330 g/mol. The Kier molecular flexibility index (Phi) is 6.80. The predicted molar refractivity (Wildman–Crippen MR) is 79.5 cm³/mol. The maximum absolute atomic E-state index is 12.2. The molecule has 0 bridgehead atoms. The van der Waals surface area contributed by atoms with Crippen molar-refractivity contribution < 1.29 is 9.53 Å². The number of aromatic nitrogens is 1. The molecule has 0 radical (unpaired) electrons. The summed E-state index contributed by atoms with van der Waals surface area (Å²) in [5, 5.41) is 6.02. The van der Waals surface area contributed by atoms with Crippen molar-refractivity contribution in [3.8, 4) is 0 Å². The molecule has 106 valence electrons. The number of carbonyl (C=O) groups excluding carboxylic acids is 1. The van der Waals surface area contributed by atoms with Crippen molar-refractivity contribution in [3.05, 3.63) is 22.3 Å². The maximum atomic E-state index is 12.2. The molecule has 0 aromatic carbocycles. The van der Waals surface area contributed by atoms with Crippen LogP contribution in [0.5, 0.6) is 0 Å². The molecular weight excluding hydrogens is 310 g/mol. The number of nitrogens with zero attached hydrogens (tertiary/aromatic N) is 1. The SMILES string of the molecule is CCNc1ncc(Br)cc1C(=O)NC(C)CCOC. The zero-order valence-corrected chi connectivity index (χ0v) is 13.1. The smallest absolute Gasteiger partial charge is 0.255 e. The topological polar surface area (TPSA) is 63.2 Å². The highest BCUT2D eigenvalue weighted by Crippen LogP contribution is 2.18. The largest absolute Gasteiger partial charge is 0.385 e. The summed E-state index contributed by atoms with van der Waals surface area (Å²) < 4.78 is 5.78. The molecule has 1 amide bonds. The first kappa shape index (κ1) is 15.9. The van der Waals surface area contributed by atoms with Crippen LogP contribution in [0.4, 0.5) is 5.82 Å². The molecule has 19 heavy (non-hydrogen) atoms. The number of rotatable bonds is 7. The van der Waals surface area contributed by atoms with Gasteiger partial charge in [0.05, 0.1) is 5.56 Å². The monoisotopic (exact) mass is 329 g/mol. The minimum atomic E-state index is -0.131. The number of carbonyl (C=O) groups is 1. The quantitative estimate of drug-likeness (QED) is 0.806. The van der Waals surface area contributed by atoms with E-state index in [-0.39, 0.29) is 11.9 Å². The highest BCUT2D eigenvalue weighted by molar-refractivity contribution is 9.10. The van der Waals surface area contributed by atoms with Gasteiger partial charge in [-0.05, 0) is 42.3 Å². The van der Waals surface area contributed by atoms with Crippen LogP contribution in [0, 0.1) is 0 Å². The predicted octanol–water partition coefficient (Wildman–Crippen LogP) is 2.43. The lowest BCUT2D eigenvalue weighted by Gasteiger charge is -2.15. The van der Waals surface area contributed by atoms with Crippen LogP contribution in [0.3, 0.4) is 0 Å². The van der Waals surface area contributed by atoms with Crippen molar-refractivity contribution in [2.24, 2.45) is 0 Å². The first-order valence-corrected chi connectivity index (χ1v) is 7.07. The molecule has 1 aromatic heterocycles. The summed E-state index contributed by atoms with van der Waals surface area (Å²) in [6, 6.07) is 1.82. The molecule has 0 saturated carbocycles. The Bertz CT molecular complexity index is 426. The molecule has 1 rings (SSSR count). The van der Waals surface area contributed by atoms with Crippen LogP contribution in [-0.2, 0) is 4.74 Å².